The summed E-state index contributed by atoms with van der Waals surface area (Å²) in [5.74, 6) is -0.00585. The van der Waals surface area contributed by atoms with Gasteiger partial charge in [-0.2, -0.15) is 0 Å². The van der Waals surface area contributed by atoms with Gasteiger partial charge in [0.2, 0.25) is 5.91 Å². The van der Waals surface area contributed by atoms with Crippen LogP contribution in [0.25, 0.3) is 0 Å². The van der Waals surface area contributed by atoms with Gasteiger partial charge in [-0.05, 0) is 49.1 Å². The molecule has 3 rings (SSSR count). The molecule has 1 saturated carbocycles. The second-order valence-electron chi connectivity index (χ2n) is 6.41. The first-order valence-electron chi connectivity index (χ1n) is 8.48. The Kier molecular flexibility index (Phi) is 5.46. The maximum Gasteiger partial charge on any atom is 0.236 e. The minimum absolute atomic E-state index is 0.00585. The molecule has 5 heteroatoms. The zero-order chi connectivity index (χ0) is 16.9. The van der Waals surface area contributed by atoms with Crippen LogP contribution in [0.5, 0.6) is 0 Å². The Morgan fingerprint density at radius 1 is 1.29 bits per heavy atom. The average Bonchev–Trinajstić information content (AvgIpc) is 2.58. The summed E-state index contributed by atoms with van der Waals surface area (Å²) in [6.07, 6.45) is 9.73. The van der Waals surface area contributed by atoms with E-state index >= 15 is 0 Å². The van der Waals surface area contributed by atoms with Gasteiger partial charge >= 0.3 is 0 Å². The summed E-state index contributed by atoms with van der Waals surface area (Å²) in [5.41, 5.74) is 2.72. The molecule has 0 N–H and O–H groups in total. The topological polar surface area (TPSA) is 47.2 Å². The molecule has 1 aliphatic rings. The molecule has 0 unspecified atom stereocenters. The number of aryl methyl sites for hydroxylation is 1. The van der Waals surface area contributed by atoms with Crippen molar-refractivity contribution in [3.63, 3.8) is 0 Å². The van der Waals surface area contributed by atoms with Crippen molar-refractivity contribution in [2.45, 2.75) is 51.5 Å². The number of aromatic nitrogens is 2. The van der Waals surface area contributed by atoms with Crippen molar-refractivity contribution in [3.8, 4) is 0 Å². The van der Waals surface area contributed by atoms with E-state index in [1.807, 2.05) is 31.3 Å². The van der Waals surface area contributed by atoms with E-state index in [2.05, 4.69) is 4.98 Å². The molecule has 126 valence electrons. The number of hydrogen-bond acceptors (Lipinski definition) is 3. The van der Waals surface area contributed by atoms with Crippen molar-refractivity contribution < 1.29 is 4.79 Å². The molecule has 2 aromatic rings. The first kappa shape index (κ1) is 16.9. The number of hydrogen-bond donors (Lipinski definition) is 0. The molecule has 0 atom stereocenters. The first-order valence-corrected chi connectivity index (χ1v) is 8.86. The van der Waals surface area contributed by atoms with Crippen LogP contribution in [0.1, 0.15) is 48.0 Å². The summed E-state index contributed by atoms with van der Waals surface area (Å²) in [4.78, 5) is 21.6. The highest BCUT2D eigenvalue weighted by atomic mass is 35.5. The molecule has 1 fully saturated rings. The van der Waals surface area contributed by atoms with Gasteiger partial charge in [-0.15, -0.1) is 0 Å². The third-order valence-corrected chi connectivity index (χ3v) is 4.62. The summed E-state index contributed by atoms with van der Waals surface area (Å²) in [6.45, 7) is 2.03. The molecule has 0 amide bonds. The van der Waals surface area contributed by atoms with Crippen LogP contribution in [-0.2, 0) is 6.42 Å². The predicted octanol–water partition coefficient (Wildman–Crippen LogP) is 3.96. The lowest BCUT2D eigenvalue weighted by atomic mass is 9.96. The van der Waals surface area contributed by atoms with Crippen molar-refractivity contribution in [2.75, 3.05) is 0 Å². The predicted molar refractivity (Wildman–Crippen MR) is 95.2 cm³/mol. The van der Waals surface area contributed by atoms with Crippen molar-refractivity contribution in [3.05, 3.63) is 58.4 Å². The van der Waals surface area contributed by atoms with E-state index in [0.29, 0.717) is 11.2 Å². The van der Waals surface area contributed by atoms with Gasteiger partial charge in [0.1, 0.15) is 10.6 Å². The lowest BCUT2D eigenvalue weighted by Crippen LogP contribution is -2.30. The minimum Gasteiger partial charge on any atom is -0.274 e. The fraction of sp³-hybridized carbons (Fsp3) is 0.421. The van der Waals surface area contributed by atoms with E-state index < -0.39 is 0 Å². The number of carbonyl (C=O) groups is 1. The van der Waals surface area contributed by atoms with Crippen molar-refractivity contribution in [2.24, 2.45) is 4.99 Å². The molecule has 1 aliphatic carbocycles. The molecule has 0 aromatic carbocycles. The Labute approximate surface area is 147 Å². The smallest absolute Gasteiger partial charge is 0.236 e. The fourth-order valence-corrected chi connectivity index (χ4v) is 3.18. The minimum atomic E-state index is -0.00585. The maximum absolute atomic E-state index is 12.7. The van der Waals surface area contributed by atoms with Gasteiger partial charge in [0.05, 0.1) is 12.5 Å². The van der Waals surface area contributed by atoms with Gasteiger partial charge in [-0.25, -0.2) is 4.98 Å². The third kappa shape index (κ3) is 4.32. The van der Waals surface area contributed by atoms with E-state index in [4.69, 9.17) is 16.6 Å². The number of carbonyl (C=O) groups excluding carboxylic acids is 1. The average molecular weight is 344 g/mol. The Balaban J connectivity index is 1.87. The maximum atomic E-state index is 12.7. The summed E-state index contributed by atoms with van der Waals surface area (Å²) >= 11 is 5.80. The van der Waals surface area contributed by atoms with Crippen LogP contribution in [0.2, 0.25) is 5.15 Å². The largest absolute Gasteiger partial charge is 0.274 e. The van der Waals surface area contributed by atoms with Crippen LogP contribution in [0.15, 0.2) is 41.7 Å². The lowest BCUT2D eigenvalue weighted by molar-refractivity contribution is 0.0908. The van der Waals surface area contributed by atoms with Gasteiger partial charge in [0.25, 0.3) is 0 Å². The Bertz CT molecular complexity index is 774. The van der Waals surface area contributed by atoms with Crippen molar-refractivity contribution >= 4 is 17.5 Å². The molecule has 2 heterocycles. The lowest BCUT2D eigenvalue weighted by Gasteiger charge is -2.18. The van der Waals surface area contributed by atoms with E-state index in [9.17, 15) is 4.79 Å². The van der Waals surface area contributed by atoms with Crippen LogP contribution in [0, 0.1) is 6.92 Å². The number of pyridine rings is 2. The molecule has 0 aliphatic heterocycles. The van der Waals surface area contributed by atoms with Crippen LogP contribution < -0.4 is 5.49 Å². The van der Waals surface area contributed by atoms with Gasteiger partial charge in [0.15, 0.2) is 0 Å². The SMILES string of the molecule is Cc1ccn(C(=O)Cc2ccc(Cl)nc2)c(=NC2CCCCC2)c1. The molecule has 0 radical (unpaired) electrons. The highest BCUT2D eigenvalue weighted by Crippen LogP contribution is 2.19. The zero-order valence-electron chi connectivity index (χ0n) is 13.9. The summed E-state index contributed by atoms with van der Waals surface area (Å²) in [5, 5.41) is 0.433. The molecular formula is C19H22ClN3O. The fourth-order valence-electron chi connectivity index (χ4n) is 3.07. The molecule has 0 bridgehead atoms. The molecular weight excluding hydrogens is 322 g/mol. The Morgan fingerprint density at radius 2 is 2.08 bits per heavy atom. The monoisotopic (exact) mass is 343 g/mol. The highest BCUT2D eigenvalue weighted by Gasteiger charge is 2.13. The van der Waals surface area contributed by atoms with Crippen LogP contribution in [0.4, 0.5) is 0 Å². The third-order valence-electron chi connectivity index (χ3n) is 4.39. The van der Waals surface area contributed by atoms with Gasteiger partial charge in [-0.3, -0.25) is 14.4 Å². The van der Waals surface area contributed by atoms with Crippen LogP contribution in [-0.4, -0.2) is 21.5 Å². The van der Waals surface area contributed by atoms with Crippen molar-refractivity contribution in [1.29, 1.82) is 0 Å². The van der Waals surface area contributed by atoms with E-state index in [-0.39, 0.29) is 12.3 Å². The second kappa shape index (κ2) is 7.75. The van der Waals surface area contributed by atoms with Crippen molar-refractivity contribution in [1.82, 2.24) is 9.55 Å². The van der Waals surface area contributed by atoms with E-state index in [0.717, 1.165) is 29.5 Å². The number of nitrogens with zero attached hydrogens (tertiary/aromatic N) is 3. The quantitative estimate of drug-likeness (QED) is 0.792. The first-order chi connectivity index (χ1) is 11.6. The number of rotatable bonds is 3. The van der Waals surface area contributed by atoms with Crippen LogP contribution >= 0.6 is 11.6 Å². The molecule has 2 aromatic heterocycles. The molecule has 4 nitrogen and oxygen atoms in total. The molecule has 24 heavy (non-hydrogen) atoms. The number of halogens is 1. The van der Waals surface area contributed by atoms with E-state index in [1.54, 1.807) is 16.8 Å². The zero-order valence-corrected chi connectivity index (χ0v) is 14.7. The Morgan fingerprint density at radius 3 is 2.79 bits per heavy atom. The van der Waals surface area contributed by atoms with Crippen LogP contribution in [0.3, 0.4) is 0 Å². The summed E-state index contributed by atoms with van der Waals surface area (Å²) in [6, 6.07) is 7.80. The second-order valence-corrected chi connectivity index (χ2v) is 6.80. The Hall–Kier alpha value is -1.94. The highest BCUT2D eigenvalue weighted by molar-refractivity contribution is 6.29. The van der Waals surface area contributed by atoms with Gasteiger partial charge in [-0.1, -0.05) is 36.9 Å². The summed E-state index contributed by atoms with van der Waals surface area (Å²) in [7, 11) is 0. The molecule has 0 spiro atoms. The van der Waals surface area contributed by atoms with Gasteiger partial charge < -0.3 is 0 Å². The van der Waals surface area contributed by atoms with Gasteiger partial charge in [0, 0.05) is 12.4 Å². The standard InChI is InChI=1S/C19H22ClN3O/c1-14-9-10-23(18(11-14)22-16-5-3-2-4-6-16)19(24)12-15-7-8-17(20)21-13-15/h7-11,13,16H,2-6,12H2,1H3. The van der Waals surface area contributed by atoms with E-state index in [1.165, 1.54) is 19.3 Å². The normalized spacial score (nSPS) is 16.3. The summed E-state index contributed by atoms with van der Waals surface area (Å²) < 4.78 is 1.66. The molecule has 0 saturated heterocycles.